The number of nitrogens with zero attached hydrogens (tertiary/aromatic N) is 2. The third kappa shape index (κ3) is 2.80. The molecule has 2 aromatic rings. The molecule has 0 radical (unpaired) electrons. The van der Waals surface area contributed by atoms with Gasteiger partial charge in [0.15, 0.2) is 0 Å². The second kappa shape index (κ2) is 6.10. The van der Waals surface area contributed by atoms with Crippen molar-refractivity contribution in [2.75, 3.05) is 19.7 Å². The van der Waals surface area contributed by atoms with Crippen LogP contribution in [0.15, 0.2) is 33.9 Å². The van der Waals surface area contributed by atoms with E-state index < -0.39 is 11.2 Å². The standard InChI is InChI=1S/C17H18N4O5/c1-10-4-13(15(23)20-19-10)16(24)21-9-17(5-12(21)7-26-17)8-18-14(22)11-2-3-25-6-11/h2-4,6,12H,5,7-9H2,1H3,(H,18,22)(H,20,23). The number of morpholine rings is 1. The van der Waals surface area contributed by atoms with Crippen molar-refractivity contribution >= 4 is 11.8 Å². The summed E-state index contributed by atoms with van der Waals surface area (Å²) in [6, 6.07) is 2.95. The molecule has 2 atom stereocenters. The fraction of sp³-hybridized carbons (Fsp3) is 0.412. The number of carbonyl (C=O) groups excluding carboxylic acids is 2. The summed E-state index contributed by atoms with van der Waals surface area (Å²) in [7, 11) is 0. The van der Waals surface area contributed by atoms with Gasteiger partial charge in [-0.25, -0.2) is 5.10 Å². The lowest BCUT2D eigenvalue weighted by atomic mass is 10.0. The van der Waals surface area contributed by atoms with Crippen molar-refractivity contribution in [1.82, 2.24) is 20.4 Å². The summed E-state index contributed by atoms with van der Waals surface area (Å²) in [6.07, 6.45) is 3.42. The Hall–Kier alpha value is -2.94. The van der Waals surface area contributed by atoms with Crippen molar-refractivity contribution in [2.24, 2.45) is 0 Å². The molecule has 26 heavy (non-hydrogen) atoms. The SMILES string of the molecule is Cc1cc(C(=O)N2CC3(CNC(=O)c4ccoc4)CC2CO3)c(=O)[nH]n1. The van der Waals surface area contributed by atoms with Crippen LogP contribution in [0.2, 0.25) is 0 Å². The fourth-order valence-corrected chi connectivity index (χ4v) is 3.54. The van der Waals surface area contributed by atoms with E-state index in [1.54, 1.807) is 17.9 Å². The van der Waals surface area contributed by atoms with E-state index in [-0.39, 0.29) is 30.0 Å². The third-order valence-electron chi connectivity index (χ3n) is 4.87. The number of rotatable bonds is 4. The van der Waals surface area contributed by atoms with Gasteiger partial charge in [-0.2, -0.15) is 5.10 Å². The van der Waals surface area contributed by atoms with Crippen LogP contribution in [0.3, 0.4) is 0 Å². The number of furan rings is 1. The fourth-order valence-electron chi connectivity index (χ4n) is 3.54. The monoisotopic (exact) mass is 358 g/mol. The molecule has 2 unspecified atom stereocenters. The lowest BCUT2D eigenvalue weighted by molar-refractivity contribution is -0.0361. The molecule has 2 bridgehead atoms. The van der Waals surface area contributed by atoms with Gasteiger partial charge in [0, 0.05) is 13.0 Å². The predicted octanol–water partition coefficient (Wildman–Crippen LogP) is 0.0848. The number of aromatic nitrogens is 2. The molecule has 2 aliphatic rings. The van der Waals surface area contributed by atoms with Gasteiger partial charge < -0.3 is 19.4 Å². The van der Waals surface area contributed by atoms with E-state index in [4.69, 9.17) is 9.15 Å². The zero-order valence-electron chi connectivity index (χ0n) is 14.2. The van der Waals surface area contributed by atoms with Gasteiger partial charge in [-0.3, -0.25) is 14.4 Å². The predicted molar refractivity (Wildman–Crippen MR) is 88.8 cm³/mol. The maximum Gasteiger partial charge on any atom is 0.277 e. The van der Waals surface area contributed by atoms with Crippen LogP contribution in [0.4, 0.5) is 0 Å². The molecule has 0 saturated carbocycles. The lowest BCUT2D eigenvalue weighted by Gasteiger charge is -2.32. The van der Waals surface area contributed by atoms with E-state index in [1.165, 1.54) is 18.6 Å². The minimum Gasteiger partial charge on any atom is -0.472 e. The molecular formula is C17H18N4O5. The van der Waals surface area contributed by atoms with Gasteiger partial charge in [0.1, 0.15) is 17.4 Å². The summed E-state index contributed by atoms with van der Waals surface area (Å²) in [5.41, 5.74) is -0.0697. The van der Waals surface area contributed by atoms with Crippen LogP contribution in [-0.4, -0.2) is 58.3 Å². The Morgan fingerprint density at radius 2 is 2.35 bits per heavy atom. The van der Waals surface area contributed by atoms with Gasteiger partial charge in [0.2, 0.25) is 0 Å². The summed E-state index contributed by atoms with van der Waals surface area (Å²) in [6.45, 7) is 2.69. The Morgan fingerprint density at radius 3 is 3.12 bits per heavy atom. The number of fused-ring (bicyclic) bond motifs is 2. The van der Waals surface area contributed by atoms with Crippen molar-refractivity contribution in [2.45, 2.75) is 25.0 Å². The molecule has 0 aliphatic carbocycles. The molecule has 2 saturated heterocycles. The van der Waals surface area contributed by atoms with Crippen molar-refractivity contribution in [1.29, 1.82) is 0 Å². The highest BCUT2D eigenvalue weighted by molar-refractivity contribution is 5.95. The minimum atomic E-state index is -0.630. The van der Waals surface area contributed by atoms with E-state index in [9.17, 15) is 14.4 Å². The van der Waals surface area contributed by atoms with E-state index in [0.717, 1.165) is 0 Å². The van der Waals surface area contributed by atoms with Gasteiger partial charge in [-0.1, -0.05) is 0 Å². The molecular weight excluding hydrogens is 340 g/mol. The number of amides is 2. The van der Waals surface area contributed by atoms with Crippen LogP contribution in [0, 0.1) is 6.92 Å². The third-order valence-corrected chi connectivity index (χ3v) is 4.87. The van der Waals surface area contributed by atoms with Crippen LogP contribution >= 0.6 is 0 Å². The second-order valence-corrected chi connectivity index (χ2v) is 6.73. The van der Waals surface area contributed by atoms with Crippen LogP contribution in [-0.2, 0) is 4.74 Å². The van der Waals surface area contributed by atoms with Gasteiger partial charge in [-0.05, 0) is 19.1 Å². The number of aryl methyl sites for hydroxylation is 1. The maximum absolute atomic E-state index is 12.8. The van der Waals surface area contributed by atoms with Gasteiger partial charge in [0.25, 0.3) is 17.4 Å². The molecule has 2 aliphatic heterocycles. The normalized spacial score (nSPS) is 24.0. The average Bonchev–Trinajstić information content (AvgIpc) is 3.37. The van der Waals surface area contributed by atoms with Crippen LogP contribution in [0.25, 0.3) is 0 Å². The van der Waals surface area contributed by atoms with Crippen LogP contribution < -0.4 is 10.9 Å². The molecule has 0 spiro atoms. The van der Waals surface area contributed by atoms with Crippen molar-refractivity contribution in [3.63, 3.8) is 0 Å². The minimum absolute atomic E-state index is 0.0719. The van der Waals surface area contributed by atoms with Crippen LogP contribution in [0.1, 0.15) is 32.8 Å². The summed E-state index contributed by atoms with van der Waals surface area (Å²) >= 11 is 0. The number of carbonyl (C=O) groups is 2. The zero-order chi connectivity index (χ0) is 18.3. The Morgan fingerprint density at radius 1 is 1.50 bits per heavy atom. The first-order valence-corrected chi connectivity index (χ1v) is 8.29. The first-order valence-electron chi connectivity index (χ1n) is 8.29. The lowest BCUT2D eigenvalue weighted by Crippen LogP contribution is -2.51. The molecule has 9 nitrogen and oxygen atoms in total. The van der Waals surface area contributed by atoms with E-state index in [1.807, 2.05) is 0 Å². The number of aromatic amines is 1. The summed E-state index contributed by atoms with van der Waals surface area (Å²) in [5, 5.41) is 8.95. The highest BCUT2D eigenvalue weighted by Crippen LogP contribution is 2.37. The Balaban J connectivity index is 1.47. The number of H-pyrrole nitrogens is 1. The van der Waals surface area contributed by atoms with E-state index >= 15 is 0 Å². The van der Waals surface area contributed by atoms with Crippen molar-refractivity contribution in [3.8, 4) is 0 Å². The van der Waals surface area contributed by atoms with Crippen molar-refractivity contribution in [3.05, 3.63) is 51.8 Å². The highest BCUT2D eigenvalue weighted by Gasteiger charge is 2.53. The topological polar surface area (TPSA) is 118 Å². The van der Waals surface area contributed by atoms with Crippen molar-refractivity contribution < 1.29 is 18.7 Å². The first-order chi connectivity index (χ1) is 12.5. The Bertz CT molecular complexity index is 906. The molecule has 4 heterocycles. The smallest absolute Gasteiger partial charge is 0.277 e. The van der Waals surface area contributed by atoms with E-state index in [0.29, 0.717) is 30.8 Å². The highest BCUT2D eigenvalue weighted by atomic mass is 16.5. The van der Waals surface area contributed by atoms with Gasteiger partial charge >= 0.3 is 0 Å². The summed E-state index contributed by atoms with van der Waals surface area (Å²) in [4.78, 5) is 38.5. The molecule has 2 amide bonds. The first kappa shape index (κ1) is 16.5. The number of nitrogens with one attached hydrogen (secondary N) is 2. The van der Waals surface area contributed by atoms with Gasteiger partial charge in [-0.15, -0.1) is 0 Å². The van der Waals surface area contributed by atoms with Crippen LogP contribution in [0.5, 0.6) is 0 Å². The van der Waals surface area contributed by atoms with E-state index in [2.05, 4.69) is 15.5 Å². The molecule has 2 aromatic heterocycles. The Kier molecular flexibility index (Phi) is 3.87. The zero-order valence-corrected chi connectivity index (χ0v) is 14.2. The molecule has 0 aromatic carbocycles. The number of ether oxygens (including phenoxy) is 1. The quantitative estimate of drug-likeness (QED) is 0.800. The second-order valence-electron chi connectivity index (χ2n) is 6.73. The maximum atomic E-state index is 12.8. The summed E-state index contributed by atoms with van der Waals surface area (Å²) < 4.78 is 10.8. The Labute approximate surface area is 148 Å². The number of likely N-dealkylation sites (tertiary alicyclic amines) is 1. The molecule has 4 rings (SSSR count). The average molecular weight is 358 g/mol. The molecule has 136 valence electrons. The largest absolute Gasteiger partial charge is 0.472 e. The molecule has 2 N–H and O–H groups in total. The summed E-state index contributed by atoms with van der Waals surface area (Å²) in [5.74, 6) is -0.598. The number of hydrogen-bond donors (Lipinski definition) is 2. The van der Waals surface area contributed by atoms with Gasteiger partial charge in [0.05, 0.1) is 36.7 Å². The molecule has 2 fully saturated rings. The number of hydrogen-bond acceptors (Lipinski definition) is 6. The molecule has 9 heteroatoms.